The minimum atomic E-state index is -0.630. The van der Waals surface area contributed by atoms with Crippen LogP contribution in [0.2, 0.25) is 0 Å². The molecule has 0 atom stereocenters. The highest BCUT2D eigenvalue weighted by Gasteiger charge is 2.37. The number of carbonyl (C=O) groups excluding carboxylic acids is 3. The van der Waals surface area contributed by atoms with Crippen LogP contribution < -0.4 is 5.32 Å². The van der Waals surface area contributed by atoms with E-state index < -0.39 is 5.92 Å². The van der Waals surface area contributed by atoms with Gasteiger partial charge in [0.05, 0.1) is 0 Å². The second-order valence-electron chi connectivity index (χ2n) is 6.39. The summed E-state index contributed by atoms with van der Waals surface area (Å²) >= 11 is 0. The molecule has 1 aliphatic rings. The molecular weight excluding hydrogens is 278 g/mol. The zero-order valence-corrected chi connectivity index (χ0v) is 13.7. The predicted octanol–water partition coefficient (Wildman–Crippen LogP) is 2.38. The number of hydrogen-bond acceptors (Lipinski definition) is 3. The molecule has 1 fully saturated rings. The van der Waals surface area contributed by atoms with Gasteiger partial charge in [0.1, 0.15) is 17.5 Å². The molecule has 0 radical (unpaired) electrons. The third-order valence-corrected chi connectivity index (χ3v) is 4.29. The maximum absolute atomic E-state index is 12.5. The molecule has 4 heteroatoms. The van der Waals surface area contributed by atoms with Gasteiger partial charge in [0.15, 0.2) is 0 Å². The Morgan fingerprint density at radius 2 is 1.59 bits per heavy atom. The predicted molar refractivity (Wildman–Crippen MR) is 84.8 cm³/mol. The summed E-state index contributed by atoms with van der Waals surface area (Å²) in [6.45, 7) is 7.76. The minimum Gasteiger partial charge on any atom is -0.356 e. The lowest BCUT2D eigenvalue weighted by atomic mass is 9.74. The van der Waals surface area contributed by atoms with Crippen molar-refractivity contribution in [3.8, 4) is 0 Å². The van der Waals surface area contributed by atoms with Gasteiger partial charge in [-0.05, 0) is 43.4 Å². The van der Waals surface area contributed by atoms with Crippen molar-refractivity contribution >= 4 is 17.5 Å². The van der Waals surface area contributed by atoms with Crippen LogP contribution in [0, 0.1) is 26.7 Å². The van der Waals surface area contributed by atoms with E-state index in [0.717, 1.165) is 22.3 Å². The van der Waals surface area contributed by atoms with Crippen LogP contribution in [0.4, 0.5) is 0 Å². The summed E-state index contributed by atoms with van der Waals surface area (Å²) in [6, 6.07) is 4.04. The SMILES string of the molecule is CC(=O)NCC1CC(=O)C(c2c(C)cc(C)cc2C)C(=O)C1. The first-order valence-corrected chi connectivity index (χ1v) is 7.67. The molecule has 118 valence electrons. The minimum absolute atomic E-state index is 0.0262. The largest absolute Gasteiger partial charge is 0.356 e. The van der Waals surface area contributed by atoms with E-state index in [-0.39, 0.29) is 23.4 Å². The van der Waals surface area contributed by atoms with Crippen LogP contribution in [0.3, 0.4) is 0 Å². The molecular formula is C18H23NO3. The Hall–Kier alpha value is -1.97. The average molecular weight is 301 g/mol. The number of hydrogen-bond donors (Lipinski definition) is 1. The van der Waals surface area contributed by atoms with Crippen LogP contribution in [0.25, 0.3) is 0 Å². The van der Waals surface area contributed by atoms with Crippen molar-refractivity contribution in [3.05, 3.63) is 34.4 Å². The molecule has 1 aliphatic carbocycles. The van der Waals surface area contributed by atoms with Gasteiger partial charge < -0.3 is 5.32 Å². The molecule has 0 heterocycles. The molecule has 0 spiro atoms. The van der Waals surface area contributed by atoms with Crippen molar-refractivity contribution in [3.63, 3.8) is 0 Å². The molecule has 2 rings (SSSR count). The molecule has 1 aromatic carbocycles. The van der Waals surface area contributed by atoms with E-state index in [1.165, 1.54) is 6.92 Å². The second-order valence-corrected chi connectivity index (χ2v) is 6.39. The molecule has 4 nitrogen and oxygen atoms in total. The third kappa shape index (κ3) is 3.43. The Kier molecular flexibility index (Phi) is 4.79. The quantitative estimate of drug-likeness (QED) is 0.872. The van der Waals surface area contributed by atoms with E-state index in [1.807, 2.05) is 32.9 Å². The van der Waals surface area contributed by atoms with Crippen LogP contribution in [0.5, 0.6) is 0 Å². The number of ketones is 2. The number of aryl methyl sites for hydroxylation is 3. The molecule has 1 aromatic rings. The Morgan fingerprint density at radius 1 is 1.09 bits per heavy atom. The number of benzene rings is 1. The van der Waals surface area contributed by atoms with Crippen molar-refractivity contribution in [1.29, 1.82) is 0 Å². The monoisotopic (exact) mass is 301 g/mol. The molecule has 0 bridgehead atoms. The zero-order chi connectivity index (χ0) is 16.4. The van der Waals surface area contributed by atoms with Gasteiger partial charge in [-0.1, -0.05) is 17.7 Å². The molecule has 0 unspecified atom stereocenters. The lowest BCUT2D eigenvalue weighted by Gasteiger charge is -2.28. The lowest BCUT2D eigenvalue weighted by molar-refractivity contribution is -0.134. The van der Waals surface area contributed by atoms with Crippen LogP contribution in [-0.4, -0.2) is 24.0 Å². The van der Waals surface area contributed by atoms with E-state index in [4.69, 9.17) is 0 Å². The highest BCUT2D eigenvalue weighted by Crippen LogP contribution is 2.34. The van der Waals surface area contributed by atoms with Gasteiger partial charge in [-0.15, -0.1) is 0 Å². The number of Topliss-reactive ketones (excluding diaryl/α,β-unsaturated/α-hetero) is 2. The topological polar surface area (TPSA) is 63.2 Å². The van der Waals surface area contributed by atoms with Crippen molar-refractivity contribution in [1.82, 2.24) is 5.32 Å². The average Bonchev–Trinajstić information content (AvgIpc) is 2.38. The van der Waals surface area contributed by atoms with Crippen LogP contribution in [-0.2, 0) is 14.4 Å². The maximum Gasteiger partial charge on any atom is 0.216 e. The summed E-state index contributed by atoms with van der Waals surface area (Å²) in [6.07, 6.45) is 0.701. The van der Waals surface area contributed by atoms with Crippen molar-refractivity contribution < 1.29 is 14.4 Å². The van der Waals surface area contributed by atoms with Crippen LogP contribution in [0.1, 0.15) is 47.9 Å². The number of nitrogens with one attached hydrogen (secondary N) is 1. The standard InChI is InChI=1S/C18H23NO3/c1-10-5-11(2)17(12(3)6-10)18-15(21)7-14(8-16(18)22)9-19-13(4)20/h5-6,14,18H,7-9H2,1-4H3,(H,19,20). The first kappa shape index (κ1) is 16.4. The van der Waals surface area contributed by atoms with E-state index in [2.05, 4.69) is 5.32 Å². The zero-order valence-electron chi connectivity index (χ0n) is 13.7. The Morgan fingerprint density at radius 3 is 2.05 bits per heavy atom. The second kappa shape index (κ2) is 6.42. The fraction of sp³-hybridized carbons (Fsp3) is 0.500. The molecule has 0 aromatic heterocycles. The number of amides is 1. The Balaban J connectivity index is 2.23. The van der Waals surface area contributed by atoms with Gasteiger partial charge >= 0.3 is 0 Å². The Labute approximate surface area is 131 Å². The van der Waals surface area contributed by atoms with Crippen molar-refractivity contribution in [2.75, 3.05) is 6.54 Å². The van der Waals surface area contributed by atoms with Gasteiger partial charge in [-0.2, -0.15) is 0 Å². The highest BCUT2D eigenvalue weighted by atomic mass is 16.2. The normalized spacial score (nSPS) is 21.8. The highest BCUT2D eigenvalue weighted by molar-refractivity contribution is 6.10. The first-order valence-electron chi connectivity index (χ1n) is 7.67. The molecule has 22 heavy (non-hydrogen) atoms. The lowest BCUT2D eigenvalue weighted by Crippen LogP contribution is -2.37. The summed E-state index contributed by atoms with van der Waals surface area (Å²) in [4.78, 5) is 36.0. The van der Waals surface area contributed by atoms with Gasteiger partial charge in [0.2, 0.25) is 5.91 Å². The third-order valence-electron chi connectivity index (χ3n) is 4.29. The Bertz CT molecular complexity index is 592. The molecule has 0 saturated heterocycles. The number of rotatable bonds is 3. The summed E-state index contributed by atoms with van der Waals surface area (Å²) in [5.74, 6) is -0.893. The van der Waals surface area contributed by atoms with Crippen LogP contribution >= 0.6 is 0 Å². The smallest absolute Gasteiger partial charge is 0.216 e. The van der Waals surface area contributed by atoms with Crippen LogP contribution in [0.15, 0.2) is 12.1 Å². The van der Waals surface area contributed by atoms with E-state index >= 15 is 0 Å². The summed E-state index contributed by atoms with van der Waals surface area (Å²) < 4.78 is 0. The maximum atomic E-state index is 12.5. The van der Waals surface area contributed by atoms with E-state index in [0.29, 0.717) is 19.4 Å². The van der Waals surface area contributed by atoms with E-state index in [1.54, 1.807) is 0 Å². The fourth-order valence-corrected chi connectivity index (χ4v) is 3.46. The molecule has 1 saturated carbocycles. The van der Waals surface area contributed by atoms with Gasteiger partial charge in [0, 0.05) is 26.3 Å². The van der Waals surface area contributed by atoms with Gasteiger partial charge in [0.25, 0.3) is 0 Å². The van der Waals surface area contributed by atoms with Gasteiger partial charge in [-0.25, -0.2) is 0 Å². The number of carbonyl (C=O) groups is 3. The molecule has 1 N–H and O–H groups in total. The van der Waals surface area contributed by atoms with Gasteiger partial charge in [-0.3, -0.25) is 14.4 Å². The first-order chi connectivity index (χ1) is 10.3. The van der Waals surface area contributed by atoms with Crippen molar-refractivity contribution in [2.45, 2.75) is 46.5 Å². The summed E-state index contributed by atoms with van der Waals surface area (Å²) in [7, 11) is 0. The molecule has 1 amide bonds. The van der Waals surface area contributed by atoms with Crippen molar-refractivity contribution in [2.24, 2.45) is 5.92 Å². The summed E-state index contributed by atoms with van der Waals surface area (Å²) in [5, 5.41) is 2.70. The summed E-state index contributed by atoms with van der Waals surface area (Å²) in [5.41, 5.74) is 4.02. The van der Waals surface area contributed by atoms with E-state index in [9.17, 15) is 14.4 Å². The molecule has 0 aliphatic heterocycles. The fourth-order valence-electron chi connectivity index (χ4n) is 3.46.